The summed E-state index contributed by atoms with van der Waals surface area (Å²) >= 11 is 1.51. The molecule has 7 nitrogen and oxygen atoms in total. The second-order valence-electron chi connectivity index (χ2n) is 7.70. The van der Waals surface area contributed by atoms with E-state index in [4.69, 9.17) is 9.15 Å². The van der Waals surface area contributed by atoms with Crippen LogP contribution in [-0.2, 0) is 17.1 Å². The number of rotatable bonds is 10. The second kappa shape index (κ2) is 9.09. The van der Waals surface area contributed by atoms with Crippen molar-refractivity contribution in [3.05, 3.63) is 53.2 Å². The zero-order chi connectivity index (χ0) is 21.1. The van der Waals surface area contributed by atoms with Crippen LogP contribution in [-0.4, -0.2) is 30.0 Å². The lowest BCUT2D eigenvalue weighted by molar-refractivity contribution is -0.118. The Bertz CT molecular complexity index is 931. The number of halogens is 1. The Hall–Kier alpha value is -2.52. The fraction of sp³-hybridized carbons (Fsp3) is 0.429. The van der Waals surface area contributed by atoms with Crippen molar-refractivity contribution in [2.75, 3.05) is 13.2 Å². The summed E-state index contributed by atoms with van der Waals surface area (Å²) in [5, 5.41) is 2.24. The van der Waals surface area contributed by atoms with Crippen LogP contribution in [0, 0.1) is 11.7 Å². The van der Waals surface area contributed by atoms with Gasteiger partial charge in [0.2, 0.25) is 5.91 Å². The highest BCUT2D eigenvalue weighted by Gasteiger charge is 2.27. The van der Waals surface area contributed by atoms with Crippen LogP contribution < -0.4 is 14.8 Å². The van der Waals surface area contributed by atoms with Gasteiger partial charge in [0.05, 0.1) is 19.4 Å². The summed E-state index contributed by atoms with van der Waals surface area (Å²) in [5.74, 6) is 1.52. The summed E-state index contributed by atoms with van der Waals surface area (Å²) in [7, 11) is 0. The predicted octanol–water partition coefficient (Wildman–Crippen LogP) is 3.76. The number of carbonyl (C=O) groups excluding carboxylic acids is 2. The first-order valence-electron chi connectivity index (χ1n) is 9.92. The lowest BCUT2D eigenvalue weighted by Gasteiger charge is -2.15. The van der Waals surface area contributed by atoms with E-state index in [0.29, 0.717) is 29.8 Å². The predicted molar refractivity (Wildman–Crippen MR) is 110 cm³/mol. The number of urea groups is 1. The average molecular weight is 434 g/mol. The van der Waals surface area contributed by atoms with Crippen LogP contribution in [0.4, 0.5) is 9.18 Å². The van der Waals surface area contributed by atoms with Gasteiger partial charge in [0.25, 0.3) is 0 Å². The molecular formula is C21H24FN3O4S. The van der Waals surface area contributed by atoms with Crippen LogP contribution >= 0.6 is 11.9 Å². The van der Waals surface area contributed by atoms with Gasteiger partial charge in [-0.25, -0.2) is 9.18 Å². The Morgan fingerprint density at radius 3 is 2.93 bits per heavy atom. The molecule has 1 saturated carbocycles. The third-order valence-corrected chi connectivity index (χ3v) is 6.05. The molecule has 2 fully saturated rings. The van der Waals surface area contributed by atoms with Gasteiger partial charge >= 0.3 is 6.03 Å². The van der Waals surface area contributed by atoms with Crippen molar-refractivity contribution < 1.29 is 23.1 Å². The van der Waals surface area contributed by atoms with E-state index in [9.17, 15) is 14.0 Å². The Labute approximate surface area is 178 Å². The van der Waals surface area contributed by atoms with E-state index in [1.165, 1.54) is 22.9 Å². The van der Waals surface area contributed by atoms with Gasteiger partial charge in [-0.15, -0.1) is 0 Å². The normalized spacial score (nSPS) is 17.3. The fourth-order valence-corrected chi connectivity index (χ4v) is 3.88. The lowest BCUT2D eigenvalue weighted by Crippen LogP contribution is -2.27. The van der Waals surface area contributed by atoms with E-state index in [0.717, 1.165) is 24.0 Å². The van der Waals surface area contributed by atoms with Crippen LogP contribution in [0.2, 0.25) is 0 Å². The quantitative estimate of drug-likeness (QED) is 0.439. The van der Waals surface area contributed by atoms with Crippen molar-refractivity contribution in [2.45, 2.75) is 38.1 Å². The van der Waals surface area contributed by atoms with E-state index in [1.54, 1.807) is 18.4 Å². The molecule has 0 bridgehead atoms. The number of carbonyl (C=O) groups is 2. The number of imide groups is 1. The molecule has 0 spiro atoms. The maximum absolute atomic E-state index is 14.0. The summed E-state index contributed by atoms with van der Waals surface area (Å²) in [6, 6.07) is 6.44. The first-order chi connectivity index (χ1) is 14.5. The second-order valence-corrected chi connectivity index (χ2v) is 8.52. The molecule has 1 aromatic carbocycles. The van der Waals surface area contributed by atoms with Crippen LogP contribution in [0.15, 0.2) is 34.9 Å². The Morgan fingerprint density at radius 1 is 1.37 bits per heavy atom. The van der Waals surface area contributed by atoms with Crippen LogP contribution in [0.1, 0.15) is 42.7 Å². The van der Waals surface area contributed by atoms with Crippen molar-refractivity contribution >= 4 is 23.9 Å². The molecular weight excluding hydrogens is 409 g/mol. The first-order valence-corrected chi connectivity index (χ1v) is 10.9. The highest BCUT2D eigenvalue weighted by Crippen LogP contribution is 2.31. The van der Waals surface area contributed by atoms with Crippen molar-refractivity contribution in [1.82, 2.24) is 14.9 Å². The van der Waals surface area contributed by atoms with Crippen LogP contribution in [0.3, 0.4) is 0 Å². The average Bonchev–Trinajstić information content (AvgIpc) is 3.35. The molecule has 9 heteroatoms. The number of hydrogen-bond donors (Lipinski definition) is 2. The van der Waals surface area contributed by atoms with Gasteiger partial charge in [0.15, 0.2) is 11.6 Å². The summed E-state index contributed by atoms with van der Waals surface area (Å²) < 4.78 is 28.4. The molecule has 2 aromatic rings. The van der Waals surface area contributed by atoms with Gasteiger partial charge in [-0.05, 0) is 49.4 Å². The van der Waals surface area contributed by atoms with Gasteiger partial charge in [0.1, 0.15) is 12.3 Å². The number of nitrogens with one attached hydrogen (secondary N) is 2. The van der Waals surface area contributed by atoms with Crippen molar-refractivity contribution in [1.29, 1.82) is 0 Å². The lowest BCUT2D eigenvalue weighted by atomic mass is 10.1. The molecule has 2 N–H and O–H groups in total. The molecule has 4 rings (SSSR count). The fourth-order valence-electron chi connectivity index (χ4n) is 3.09. The Morgan fingerprint density at radius 2 is 2.20 bits per heavy atom. The molecule has 1 atom stereocenters. The number of ether oxygens (including phenoxy) is 1. The molecule has 2 aliphatic rings. The molecule has 0 radical (unpaired) electrons. The minimum absolute atomic E-state index is 0.00422. The molecule has 30 heavy (non-hydrogen) atoms. The minimum Gasteiger partial charge on any atom is -0.490 e. The van der Waals surface area contributed by atoms with Crippen LogP contribution in [0.5, 0.6) is 5.75 Å². The number of furan rings is 1. The molecule has 1 unspecified atom stereocenters. The standard InChI is InChI=1S/C21H24FN3O4S/c1-13(16-4-5-18(22)19(7-16)29-10-14-2-3-14)24-30-12-15-6-17(28-11-15)8-25-9-20(26)23-21(25)27/h4-7,11,13-14,24H,2-3,8-10,12H2,1H3,(H,23,26,27). The third-order valence-electron chi connectivity index (χ3n) is 5.05. The van der Waals surface area contributed by atoms with E-state index in [-0.39, 0.29) is 30.9 Å². The first kappa shape index (κ1) is 20.7. The van der Waals surface area contributed by atoms with E-state index in [2.05, 4.69) is 10.0 Å². The van der Waals surface area contributed by atoms with Gasteiger partial charge in [-0.1, -0.05) is 18.0 Å². The van der Waals surface area contributed by atoms with E-state index < -0.39 is 6.03 Å². The zero-order valence-electron chi connectivity index (χ0n) is 16.7. The molecule has 1 aromatic heterocycles. The topological polar surface area (TPSA) is 83.8 Å². The maximum Gasteiger partial charge on any atom is 0.324 e. The molecule has 1 aliphatic carbocycles. The van der Waals surface area contributed by atoms with Crippen molar-refractivity contribution in [3.8, 4) is 5.75 Å². The highest BCUT2D eigenvalue weighted by atomic mass is 32.2. The third kappa shape index (κ3) is 5.34. The number of nitrogens with zero attached hydrogens (tertiary/aromatic N) is 1. The maximum atomic E-state index is 14.0. The number of hydrogen-bond acceptors (Lipinski definition) is 6. The number of amides is 3. The van der Waals surface area contributed by atoms with Gasteiger partial charge in [-0.2, -0.15) is 0 Å². The molecule has 1 aliphatic heterocycles. The van der Waals surface area contributed by atoms with Crippen molar-refractivity contribution in [3.63, 3.8) is 0 Å². The van der Waals surface area contributed by atoms with Crippen molar-refractivity contribution in [2.24, 2.45) is 5.92 Å². The van der Waals surface area contributed by atoms with Gasteiger partial charge in [0, 0.05) is 17.4 Å². The monoisotopic (exact) mass is 433 g/mol. The summed E-state index contributed by atoms with van der Waals surface area (Å²) in [6.45, 7) is 2.89. The number of benzene rings is 1. The summed E-state index contributed by atoms with van der Waals surface area (Å²) in [4.78, 5) is 24.2. The molecule has 160 valence electrons. The van der Waals surface area contributed by atoms with Gasteiger partial charge in [-0.3, -0.25) is 14.8 Å². The van der Waals surface area contributed by atoms with E-state index >= 15 is 0 Å². The molecule has 3 amide bonds. The largest absolute Gasteiger partial charge is 0.490 e. The van der Waals surface area contributed by atoms with E-state index in [1.807, 2.05) is 13.0 Å². The smallest absolute Gasteiger partial charge is 0.324 e. The Kier molecular flexibility index (Phi) is 6.29. The Balaban J connectivity index is 1.25. The molecule has 2 heterocycles. The summed E-state index contributed by atoms with van der Waals surface area (Å²) in [5.41, 5.74) is 1.92. The van der Waals surface area contributed by atoms with Crippen LogP contribution in [0.25, 0.3) is 0 Å². The SMILES string of the molecule is CC(NSCc1coc(CN2CC(=O)NC2=O)c1)c1ccc(F)c(OCC2CC2)c1. The zero-order valence-corrected chi connectivity index (χ0v) is 17.5. The highest BCUT2D eigenvalue weighted by molar-refractivity contribution is 7.96. The molecule has 1 saturated heterocycles. The summed E-state index contributed by atoms with van der Waals surface area (Å²) in [6.07, 6.45) is 3.97. The van der Waals surface area contributed by atoms with Gasteiger partial charge < -0.3 is 14.1 Å². The minimum atomic E-state index is -0.400.